The normalized spacial score (nSPS) is 16.5. The van der Waals surface area contributed by atoms with Crippen molar-refractivity contribution >= 4 is 16.9 Å². The first-order chi connectivity index (χ1) is 9.15. The fraction of sp³-hybridized carbons (Fsp3) is 0.400. The monoisotopic (exact) mass is 258 g/mol. The number of para-hydroxylation sites is 1. The second-order valence-corrected chi connectivity index (χ2v) is 5.51. The maximum absolute atomic E-state index is 12.5. The second-order valence-electron chi connectivity index (χ2n) is 5.51. The number of benzene rings is 1. The first kappa shape index (κ1) is 12.2. The molecule has 1 aromatic heterocycles. The molecule has 0 unspecified atom stereocenters. The number of amides is 1. The van der Waals surface area contributed by atoms with Crippen LogP contribution in [0.4, 0.5) is 0 Å². The van der Waals surface area contributed by atoms with Gasteiger partial charge in [-0.3, -0.25) is 4.79 Å². The van der Waals surface area contributed by atoms with Gasteiger partial charge in [-0.05, 0) is 25.5 Å². The number of hydrogen-bond donors (Lipinski definition) is 1. The molecule has 3 rings (SSSR count). The van der Waals surface area contributed by atoms with Gasteiger partial charge in [0.25, 0.3) is 5.91 Å². The number of fused-ring (bicyclic) bond motifs is 1. The van der Waals surface area contributed by atoms with Gasteiger partial charge >= 0.3 is 0 Å². The van der Waals surface area contributed by atoms with Crippen molar-refractivity contribution in [3.05, 3.63) is 36.1 Å². The molecule has 100 valence electrons. The molecule has 1 aromatic carbocycles. The lowest BCUT2D eigenvalue weighted by atomic mass is 10.1. The van der Waals surface area contributed by atoms with Gasteiger partial charge in [0.05, 0.1) is 5.56 Å². The van der Waals surface area contributed by atoms with E-state index in [0.29, 0.717) is 12.1 Å². The van der Waals surface area contributed by atoms with Crippen molar-refractivity contribution < 1.29 is 9.21 Å². The fourth-order valence-electron chi connectivity index (χ4n) is 2.53. The van der Waals surface area contributed by atoms with Crippen LogP contribution in [-0.2, 0) is 0 Å². The minimum absolute atomic E-state index is 0.00433. The molecule has 0 atom stereocenters. The maximum Gasteiger partial charge on any atom is 0.257 e. The highest BCUT2D eigenvalue weighted by Crippen LogP contribution is 2.45. The Labute approximate surface area is 112 Å². The third kappa shape index (κ3) is 2.12. The molecule has 0 spiro atoms. The minimum Gasteiger partial charge on any atom is -0.463 e. The van der Waals surface area contributed by atoms with Gasteiger partial charge < -0.3 is 15.1 Å². The molecular weight excluding hydrogens is 240 g/mol. The van der Waals surface area contributed by atoms with Crippen molar-refractivity contribution in [2.45, 2.75) is 12.8 Å². The number of furan rings is 1. The maximum atomic E-state index is 12.5. The van der Waals surface area contributed by atoms with Gasteiger partial charge in [-0.25, -0.2) is 0 Å². The molecule has 4 heteroatoms. The van der Waals surface area contributed by atoms with E-state index in [1.807, 2.05) is 31.3 Å². The van der Waals surface area contributed by atoms with E-state index in [0.717, 1.165) is 30.4 Å². The molecule has 2 N–H and O–H groups in total. The van der Waals surface area contributed by atoms with Crippen LogP contribution in [0.25, 0.3) is 11.0 Å². The van der Waals surface area contributed by atoms with Gasteiger partial charge in [0, 0.05) is 24.4 Å². The largest absolute Gasteiger partial charge is 0.463 e. The van der Waals surface area contributed by atoms with E-state index < -0.39 is 0 Å². The van der Waals surface area contributed by atoms with Gasteiger partial charge in [-0.15, -0.1) is 0 Å². The summed E-state index contributed by atoms with van der Waals surface area (Å²) in [4.78, 5) is 14.2. The average Bonchev–Trinajstić information content (AvgIpc) is 3.08. The van der Waals surface area contributed by atoms with Crippen LogP contribution >= 0.6 is 0 Å². The highest BCUT2D eigenvalue weighted by atomic mass is 16.3. The summed E-state index contributed by atoms with van der Waals surface area (Å²) in [5.41, 5.74) is 7.31. The fourth-order valence-corrected chi connectivity index (χ4v) is 2.53. The molecule has 0 aliphatic heterocycles. The van der Waals surface area contributed by atoms with Crippen LogP contribution < -0.4 is 5.73 Å². The van der Waals surface area contributed by atoms with Crippen LogP contribution in [0.5, 0.6) is 0 Å². The number of carbonyl (C=O) groups excluding carboxylic acids is 1. The van der Waals surface area contributed by atoms with Crippen molar-refractivity contribution in [3.63, 3.8) is 0 Å². The van der Waals surface area contributed by atoms with E-state index in [4.69, 9.17) is 10.2 Å². The van der Waals surface area contributed by atoms with Crippen molar-refractivity contribution in [1.29, 1.82) is 0 Å². The Kier molecular flexibility index (Phi) is 2.82. The molecule has 1 amide bonds. The summed E-state index contributed by atoms with van der Waals surface area (Å²) in [6, 6.07) is 7.60. The summed E-state index contributed by atoms with van der Waals surface area (Å²) in [5.74, 6) is 0.00433. The third-order valence-corrected chi connectivity index (χ3v) is 4.02. The SMILES string of the molecule is CN(CC1(CN)CC1)C(=O)c1coc2ccccc12. The van der Waals surface area contributed by atoms with E-state index in [9.17, 15) is 4.79 Å². The smallest absolute Gasteiger partial charge is 0.257 e. The van der Waals surface area contributed by atoms with Gasteiger partial charge in [-0.1, -0.05) is 18.2 Å². The number of rotatable bonds is 4. The standard InChI is InChI=1S/C15H18N2O2/c1-17(10-15(9-16)6-7-15)14(18)12-8-19-13-5-3-2-4-11(12)13/h2-5,8H,6-7,9-10,16H2,1H3. The Hall–Kier alpha value is -1.81. The predicted molar refractivity (Wildman–Crippen MR) is 73.9 cm³/mol. The molecule has 1 aliphatic carbocycles. The Morgan fingerprint density at radius 1 is 1.42 bits per heavy atom. The Balaban J connectivity index is 1.83. The van der Waals surface area contributed by atoms with Crippen LogP contribution in [0.1, 0.15) is 23.2 Å². The zero-order valence-corrected chi connectivity index (χ0v) is 11.1. The second kappa shape index (κ2) is 4.38. The van der Waals surface area contributed by atoms with Crippen molar-refractivity contribution in [1.82, 2.24) is 4.90 Å². The van der Waals surface area contributed by atoms with E-state index in [1.165, 1.54) is 0 Å². The molecule has 2 aromatic rings. The first-order valence-corrected chi connectivity index (χ1v) is 6.57. The molecule has 1 saturated carbocycles. The van der Waals surface area contributed by atoms with E-state index in [1.54, 1.807) is 11.2 Å². The Morgan fingerprint density at radius 2 is 2.16 bits per heavy atom. The summed E-state index contributed by atoms with van der Waals surface area (Å²) >= 11 is 0. The van der Waals surface area contributed by atoms with Gasteiger partial charge in [0.1, 0.15) is 11.8 Å². The molecule has 19 heavy (non-hydrogen) atoms. The zero-order chi connectivity index (χ0) is 13.5. The molecular formula is C15H18N2O2. The Bertz CT molecular complexity index is 613. The number of carbonyl (C=O) groups is 1. The quantitative estimate of drug-likeness (QED) is 0.915. The van der Waals surface area contributed by atoms with Gasteiger partial charge in [0.15, 0.2) is 0 Å². The number of nitrogens with two attached hydrogens (primary N) is 1. The molecule has 0 saturated heterocycles. The van der Waals surface area contributed by atoms with Crippen LogP contribution in [0, 0.1) is 5.41 Å². The van der Waals surface area contributed by atoms with Crippen LogP contribution in [-0.4, -0.2) is 30.9 Å². The summed E-state index contributed by atoms with van der Waals surface area (Å²) in [5, 5.41) is 0.872. The lowest BCUT2D eigenvalue weighted by molar-refractivity contribution is 0.0767. The van der Waals surface area contributed by atoms with E-state index >= 15 is 0 Å². The van der Waals surface area contributed by atoms with E-state index in [-0.39, 0.29) is 11.3 Å². The highest BCUT2D eigenvalue weighted by molar-refractivity contribution is 6.05. The topological polar surface area (TPSA) is 59.5 Å². The predicted octanol–water partition coefficient (Wildman–Crippen LogP) is 2.24. The lowest BCUT2D eigenvalue weighted by Gasteiger charge is -2.22. The van der Waals surface area contributed by atoms with E-state index in [2.05, 4.69) is 0 Å². The number of hydrogen-bond acceptors (Lipinski definition) is 3. The third-order valence-electron chi connectivity index (χ3n) is 4.02. The molecule has 0 bridgehead atoms. The van der Waals surface area contributed by atoms with Gasteiger partial charge in [-0.2, -0.15) is 0 Å². The van der Waals surface area contributed by atoms with Crippen molar-refractivity contribution in [2.75, 3.05) is 20.1 Å². The first-order valence-electron chi connectivity index (χ1n) is 6.57. The number of nitrogens with zero attached hydrogens (tertiary/aromatic N) is 1. The van der Waals surface area contributed by atoms with Gasteiger partial charge in [0.2, 0.25) is 0 Å². The minimum atomic E-state index is 0.00433. The highest BCUT2D eigenvalue weighted by Gasteiger charge is 2.42. The van der Waals surface area contributed by atoms with Crippen LogP contribution in [0.2, 0.25) is 0 Å². The Morgan fingerprint density at radius 3 is 2.84 bits per heavy atom. The lowest BCUT2D eigenvalue weighted by Crippen LogP contribution is -2.35. The zero-order valence-electron chi connectivity index (χ0n) is 11.1. The summed E-state index contributed by atoms with van der Waals surface area (Å²) in [6.45, 7) is 1.37. The average molecular weight is 258 g/mol. The van der Waals surface area contributed by atoms with Crippen molar-refractivity contribution in [2.24, 2.45) is 11.1 Å². The molecule has 4 nitrogen and oxygen atoms in total. The molecule has 1 aliphatic rings. The van der Waals surface area contributed by atoms with Crippen LogP contribution in [0.3, 0.4) is 0 Å². The van der Waals surface area contributed by atoms with Crippen molar-refractivity contribution in [3.8, 4) is 0 Å². The molecule has 1 fully saturated rings. The summed E-state index contributed by atoms with van der Waals surface area (Å²) in [7, 11) is 1.83. The summed E-state index contributed by atoms with van der Waals surface area (Å²) < 4.78 is 5.42. The van der Waals surface area contributed by atoms with Crippen LogP contribution in [0.15, 0.2) is 34.9 Å². The summed E-state index contributed by atoms with van der Waals surface area (Å²) in [6.07, 6.45) is 3.78. The molecule has 1 heterocycles. The molecule has 0 radical (unpaired) electrons.